The van der Waals surface area contributed by atoms with E-state index in [1.165, 1.54) is 24.8 Å². The highest BCUT2D eigenvalue weighted by molar-refractivity contribution is 5.35. The lowest BCUT2D eigenvalue weighted by Gasteiger charge is -2.18. The molecule has 2 rings (SSSR count). The summed E-state index contributed by atoms with van der Waals surface area (Å²) < 4.78 is 6.14. The molecule has 2 unspecified atom stereocenters. The fourth-order valence-corrected chi connectivity index (χ4v) is 2.51. The lowest BCUT2D eigenvalue weighted by atomic mass is 10.0. The zero-order chi connectivity index (χ0) is 11.5. The zero-order valence-electron chi connectivity index (χ0n) is 10.6. The van der Waals surface area contributed by atoms with Crippen LogP contribution in [0.1, 0.15) is 51.5 Å². The van der Waals surface area contributed by atoms with Gasteiger partial charge in [0.1, 0.15) is 5.75 Å². The lowest BCUT2D eigenvalue weighted by molar-refractivity contribution is 0.203. The van der Waals surface area contributed by atoms with Crippen LogP contribution in [0.25, 0.3) is 0 Å². The van der Waals surface area contributed by atoms with E-state index in [1.54, 1.807) is 0 Å². The van der Waals surface area contributed by atoms with E-state index in [9.17, 15) is 0 Å². The predicted molar refractivity (Wildman–Crippen MR) is 68.0 cm³/mol. The van der Waals surface area contributed by atoms with Gasteiger partial charge in [-0.2, -0.15) is 0 Å². The molecule has 1 aliphatic carbocycles. The van der Waals surface area contributed by atoms with Gasteiger partial charge in [0.25, 0.3) is 0 Å². The van der Waals surface area contributed by atoms with Crippen molar-refractivity contribution in [3.8, 4) is 5.75 Å². The Labute approximate surface area is 98.8 Å². The van der Waals surface area contributed by atoms with Crippen LogP contribution in [-0.4, -0.2) is 6.10 Å². The van der Waals surface area contributed by atoms with E-state index in [-0.39, 0.29) is 0 Å². The summed E-state index contributed by atoms with van der Waals surface area (Å²) in [6.07, 6.45) is 4.18. The molecule has 1 aliphatic rings. The molecule has 88 valence electrons. The molecule has 1 nitrogen and oxygen atoms in total. The van der Waals surface area contributed by atoms with Crippen LogP contribution in [0.2, 0.25) is 0 Å². The van der Waals surface area contributed by atoms with E-state index in [2.05, 4.69) is 45.0 Å². The third-order valence-corrected chi connectivity index (χ3v) is 3.48. The van der Waals surface area contributed by atoms with Crippen molar-refractivity contribution in [2.24, 2.45) is 5.92 Å². The van der Waals surface area contributed by atoms with Crippen molar-refractivity contribution in [1.82, 2.24) is 0 Å². The summed E-state index contributed by atoms with van der Waals surface area (Å²) in [5.74, 6) is 2.46. The molecule has 0 radical (unpaired) electrons. The van der Waals surface area contributed by atoms with Crippen LogP contribution in [0, 0.1) is 5.92 Å². The number of hydrogen-bond acceptors (Lipinski definition) is 1. The Morgan fingerprint density at radius 2 is 1.94 bits per heavy atom. The first-order chi connectivity index (χ1) is 7.66. The van der Waals surface area contributed by atoms with Gasteiger partial charge in [0.15, 0.2) is 0 Å². The molecular weight excluding hydrogens is 196 g/mol. The fraction of sp³-hybridized carbons (Fsp3) is 0.600. The summed E-state index contributed by atoms with van der Waals surface area (Å²) in [6.45, 7) is 6.76. The number of para-hydroxylation sites is 1. The van der Waals surface area contributed by atoms with Crippen molar-refractivity contribution in [3.05, 3.63) is 29.8 Å². The van der Waals surface area contributed by atoms with Crippen molar-refractivity contribution >= 4 is 0 Å². The minimum absolute atomic E-state index is 0.440. The van der Waals surface area contributed by atoms with Gasteiger partial charge in [-0.1, -0.05) is 39.0 Å². The van der Waals surface area contributed by atoms with E-state index >= 15 is 0 Å². The smallest absolute Gasteiger partial charge is 0.123 e. The number of rotatable bonds is 3. The van der Waals surface area contributed by atoms with Crippen molar-refractivity contribution in [2.75, 3.05) is 0 Å². The molecule has 0 aromatic heterocycles. The number of benzene rings is 1. The van der Waals surface area contributed by atoms with Crippen molar-refractivity contribution in [3.63, 3.8) is 0 Å². The van der Waals surface area contributed by atoms with Crippen LogP contribution in [0.3, 0.4) is 0 Å². The van der Waals surface area contributed by atoms with Crippen LogP contribution in [0.5, 0.6) is 5.75 Å². The Balaban J connectivity index is 2.09. The standard InChI is InChI=1S/C15H22O/c1-11(2)14-6-4-5-7-15(14)16-13-9-8-12(3)10-13/h4-7,11-13H,8-10H2,1-3H3. The average Bonchev–Trinajstić information content (AvgIpc) is 2.64. The minimum atomic E-state index is 0.440. The monoisotopic (exact) mass is 218 g/mol. The third kappa shape index (κ3) is 2.58. The number of hydrogen-bond donors (Lipinski definition) is 0. The molecule has 0 bridgehead atoms. The second kappa shape index (κ2) is 4.90. The molecular formula is C15H22O. The molecule has 0 spiro atoms. The van der Waals surface area contributed by atoms with Gasteiger partial charge in [-0.25, -0.2) is 0 Å². The first-order valence-electron chi connectivity index (χ1n) is 6.42. The van der Waals surface area contributed by atoms with Gasteiger partial charge in [-0.3, -0.25) is 0 Å². The second-order valence-corrected chi connectivity index (χ2v) is 5.35. The molecule has 1 heteroatoms. The Kier molecular flexibility index (Phi) is 3.52. The third-order valence-electron chi connectivity index (χ3n) is 3.48. The molecule has 0 amide bonds. The Morgan fingerprint density at radius 1 is 1.19 bits per heavy atom. The maximum atomic E-state index is 6.14. The Morgan fingerprint density at radius 3 is 2.56 bits per heavy atom. The maximum absolute atomic E-state index is 6.14. The molecule has 1 saturated carbocycles. The molecule has 1 fully saturated rings. The van der Waals surface area contributed by atoms with Crippen molar-refractivity contribution < 1.29 is 4.74 Å². The van der Waals surface area contributed by atoms with E-state index in [1.807, 2.05) is 0 Å². The van der Waals surface area contributed by atoms with Crippen molar-refractivity contribution in [2.45, 2.75) is 52.1 Å². The summed E-state index contributed by atoms with van der Waals surface area (Å²) >= 11 is 0. The quantitative estimate of drug-likeness (QED) is 0.731. The summed E-state index contributed by atoms with van der Waals surface area (Å²) in [5.41, 5.74) is 1.34. The van der Waals surface area contributed by atoms with E-state index < -0.39 is 0 Å². The van der Waals surface area contributed by atoms with E-state index in [0.29, 0.717) is 12.0 Å². The zero-order valence-corrected chi connectivity index (χ0v) is 10.6. The summed E-state index contributed by atoms with van der Waals surface area (Å²) in [4.78, 5) is 0. The highest BCUT2D eigenvalue weighted by atomic mass is 16.5. The summed E-state index contributed by atoms with van der Waals surface area (Å²) in [5, 5.41) is 0. The SMILES string of the molecule is CC1CCC(Oc2ccccc2C(C)C)C1. The highest BCUT2D eigenvalue weighted by Crippen LogP contribution is 2.32. The van der Waals surface area contributed by atoms with Gasteiger partial charge in [0.2, 0.25) is 0 Å². The summed E-state index contributed by atoms with van der Waals surface area (Å²) in [6, 6.07) is 8.45. The fourth-order valence-electron chi connectivity index (χ4n) is 2.51. The Hall–Kier alpha value is -0.980. The van der Waals surface area contributed by atoms with Crippen LogP contribution in [0.4, 0.5) is 0 Å². The normalized spacial score (nSPS) is 25.0. The molecule has 0 heterocycles. The van der Waals surface area contributed by atoms with E-state index in [4.69, 9.17) is 4.74 Å². The average molecular weight is 218 g/mol. The van der Waals surface area contributed by atoms with Gasteiger partial charge in [0, 0.05) is 0 Å². The van der Waals surface area contributed by atoms with Gasteiger partial charge in [0.05, 0.1) is 6.10 Å². The van der Waals surface area contributed by atoms with Gasteiger partial charge >= 0.3 is 0 Å². The van der Waals surface area contributed by atoms with Gasteiger partial charge in [-0.05, 0) is 42.7 Å². The molecule has 16 heavy (non-hydrogen) atoms. The predicted octanol–water partition coefficient (Wildman–Crippen LogP) is 4.38. The topological polar surface area (TPSA) is 9.23 Å². The maximum Gasteiger partial charge on any atom is 0.123 e. The van der Waals surface area contributed by atoms with Gasteiger partial charge in [-0.15, -0.1) is 0 Å². The van der Waals surface area contributed by atoms with Crippen molar-refractivity contribution in [1.29, 1.82) is 0 Å². The lowest BCUT2D eigenvalue weighted by Crippen LogP contribution is -2.13. The van der Waals surface area contributed by atoms with Crippen LogP contribution >= 0.6 is 0 Å². The molecule has 1 aromatic rings. The number of ether oxygens (including phenoxy) is 1. The highest BCUT2D eigenvalue weighted by Gasteiger charge is 2.23. The summed E-state index contributed by atoms with van der Waals surface area (Å²) in [7, 11) is 0. The molecule has 1 aromatic carbocycles. The second-order valence-electron chi connectivity index (χ2n) is 5.35. The molecule has 0 N–H and O–H groups in total. The first-order valence-corrected chi connectivity index (χ1v) is 6.42. The Bertz CT molecular complexity index is 343. The molecule has 0 saturated heterocycles. The van der Waals surface area contributed by atoms with Crippen LogP contribution in [-0.2, 0) is 0 Å². The van der Waals surface area contributed by atoms with E-state index in [0.717, 1.165) is 11.7 Å². The largest absolute Gasteiger partial charge is 0.490 e. The first kappa shape index (κ1) is 11.5. The van der Waals surface area contributed by atoms with Crippen LogP contribution in [0.15, 0.2) is 24.3 Å². The van der Waals surface area contributed by atoms with Crippen LogP contribution < -0.4 is 4.74 Å². The van der Waals surface area contributed by atoms with Gasteiger partial charge < -0.3 is 4.74 Å². The minimum Gasteiger partial charge on any atom is -0.490 e. The molecule has 0 aliphatic heterocycles. The molecule has 2 atom stereocenters.